The molecule has 0 heterocycles. The van der Waals surface area contributed by atoms with Crippen molar-refractivity contribution in [2.45, 2.75) is 134 Å². The van der Waals surface area contributed by atoms with Gasteiger partial charge in [0.25, 0.3) is 0 Å². The number of ketones is 1. The quantitative estimate of drug-likeness (QED) is 0.0332. The minimum absolute atomic E-state index is 0.0419. The molecule has 1 unspecified atom stereocenters. The highest BCUT2D eigenvalue weighted by Crippen LogP contribution is 2.13. The molecule has 0 fully saturated rings. The highest BCUT2D eigenvalue weighted by molar-refractivity contribution is 6.02. The predicted molar refractivity (Wildman–Crippen MR) is 170 cm³/mol. The summed E-state index contributed by atoms with van der Waals surface area (Å²) >= 11 is 0. The van der Waals surface area contributed by atoms with Crippen LogP contribution in [-0.2, 0) is 38.2 Å². The van der Waals surface area contributed by atoms with Crippen molar-refractivity contribution in [2.24, 2.45) is 5.73 Å². The molecule has 0 saturated carbocycles. The van der Waals surface area contributed by atoms with Crippen LogP contribution in [0.2, 0.25) is 0 Å². The highest BCUT2D eigenvalue weighted by Gasteiger charge is 2.34. The first kappa shape index (κ1) is 43.1. The number of carboxylic acids is 3. The number of rotatable bonds is 34. The summed E-state index contributed by atoms with van der Waals surface area (Å²) in [7, 11) is 0. The van der Waals surface area contributed by atoms with Crippen LogP contribution >= 0.6 is 0 Å². The summed E-state index contributed by atoms with van der Waals surface area (Å²) < 4.78 is 10.7. The van der Waals surface area contributed by atoms with E-state index < -0.39 is 41.9 Å². The van der Waals surface area contributed by atoms with Crippen molar-refractivity contribution < 1.29 is 53.6 Å². The van der Waals surface area contributed by atoms with E-state index in [1.807, 2.05) is 0 Å². The van der Waals surface area contributed by atoms with Crippen molar-refractivity contribution in [3.8, 4) is 0 Å². The molecule has 46 heavy (non-hydrogen) atoms. The van der Waals surface area contributed by atoms with Crippen LogP contribution in [0.1, 0.15) is 116 Å². The molecule has 0 rings (SSSR count). The molecule has 14 heteroatoms. The van der Waals surface area contributed by atoms with Crippen LogP contribution in [0.5, 0.6) is 0 Å². The Balaban J connectivity index is 3.93. The van der Waals surface area contributed by atoms with Crippen molar-refractivity contribution in [3.63, 3.8) is 0 Å². The van der Waals surface area contributed by atoms with Gasteiger partial charge >= 0.3 is 17.9 Å². The van der Waals surface area contributed by atoms with E-state index >= 15 is 0 Å². The fraction of sp³-hybridized carbons (Fsp3) is 0.812. The Morgan fingerprint density at radius 3 is 1.67 bits per heavy atom. The lowest BCUT2D eigenvalue weighted by molar-refractivity contribution is -0.152. The second-order valence-electron chi connectivity index (χ2n) is 11.4. The Hall–Kier alpha value is -2.94. The lowest BCUT2D eigenvalue weighted by Gasteiger charge is -2.23. The maximum absolute atomic E-state index is 12.8. The zero-order chi connectivity index (χ0) is 34.4. The van der Waals surface area contributed by atoms with Gasteiger partial charge in [-0.3, -0.25) is 24.5 Å². The van der Waals surface area contributed by atoms with Crippen molar-refractivity contribution >= 4 is 35.9 Å². The van der Waals surface area contributed by atoms with Gasteiger partial charge in [-0.25, -0.2) is 9.59 Å². The molecular weight excluding hydrogens is 602 g/mol. The number of Topliss-reactive ketones (excluding diaryl/α,β-unsaturated/α-hetero) is 1. The van der Waals surface area contributed by atoms with Gasteiger partial charge in [0.2, 0.25) is 11.9 Å². The van der Waals surface area contributed by atoms with E-state index in [2.05, 4.69) is 10.6 Å². The van der Waals surface area contributed by atoms with Gasteiger partial charge in [0.05, 0.1) is 25.9 Å². The first-order valence-electron chi connectivity index (χ1n) is 16.7. The lowest BCUT2D eigenvalue weighted by Crippen LogP contribution is -2.53. The summed E-state index contributed by atoms with van der Waals surface area (Å²) in [5.74, 6) is -4.87. The molecule has 0 spiro atoms. The Morgan fingerprint density at radius 2 is 1.20 bits per heavy atom. The Labute approximate surface area is 272 Å². The van der Waals surface area contributed by atoms with Gasteiger partial charge in [-0.1, -0.05) is 77.0 Å². The van der Waals surface area contributed by atoms with Gasteiger partial charge < -0.3 is 35.8 Å². The van der Waals surface area contributed by atoms with Crippen LogP contribution in [0.3, 0.4) is 0 Å². The molecule has 266 valence electrons. The minimum Gasteiger partial charge on any atom is -0.481 e. The number of amides is 1. The third-order valence-corrected chi connectivity index (χ3v) is 7.44. The summed E-state index contributed by atoms with van der Waals surface area (Å²) in [6.45, 7) is 0.770. The normalized spacial score (nSPS) is 12.5. The molecule has 0 bridgehead atoms. The summed E-state index contributed by atoms with van der Waals surface area (Å²) in [6.07, 6.45) is 14.8. The third-order valence-electron chi connectivity index (χ3n) is 7.44. The number of hydrogen-bond donors (Lipinski definition) is 6. The average Bonchev–Trinajstić information content (AvgIpc) is 3.01. The molecular formula is C32H57N3O11. The highest BCUT2D eigenvalue weighted by atomic mass is 16.5. The molecule has 0 aliphatic rings. The van der Waals surface area contributed by atoms with Crippen molar-refractivity contribution in [2.75, 3.05) is 32.9 Å². The molecule has 0 aromatic heterocycles. The Kier molecular flexibility index (Phi) is 27.6. The van der Waals surface area contributed by atoms with E-state index in [0.717, 1.165) is 38.5 Å². The largest absolute Gasteiger partial charge is 0.481 e. The smallest absolute Gasteiger partial charge is 0.332 e. The molecule has 7 N–H and O–H groups in total. The maximum Gasteiger partial charge on any atom is 0.332 e. The van der Waals surface area contributed by atoms with Gasteiger partial charge in [-0.2, -0.15) is 0 Å². The van der Waals surface area contributed by atoms with Crippen molar-refractivity contribution in [1.82, 2.24) is 10.6 Å². The van der Waals surface area contributed by atoms with Crippen molar-refractivity contribution in [3.05, 3.63) is 0 Å². The SMILES string of the molecule is NCCCC[C@H](NC(C(=O)O)C(=O)O)C(=O)C(C=O)OCCOCCNC(=O)CCCCCCCCCCCCCCCC(=O)O. The Bertz CT molecular complexity index is 858. The molecule has 0 aromatic rings. The number of ether oxygens (including phenoxy) is 2. The van der Waals surface area contributed by atoms with E-state index in [9.17, 15) is 28.8 Å². The van der Waals surface area contributed by atoms with Crippen LogP contribution in [0.15, 0.2) is 0 Å². The molecule has 0 radical (unpaired) electrons. The summed E-state index contributed by atoms with van der Waals surface area (Å²) in [5, 5.41) is 32.0. The summed E-state index contributed by atoms with van der Waals surface area (Å²) in [4.78, 5) is 69.3. The van der Waals surface area contributed by atoms with E-state index in [-0.39, 0.29) is 44.9 Å². The number of nitrogens with one attached hydrogen (secondary N) is 2. The van der Waals surface area contributed by atoms with Gasteiger partial charge in [0, 0.05) is 19.4 Å². The van der Waals surface area contributed by atoms with Crippen LogP contribution < -0.4 is 16.4 Å². The zero-order valence-electron chi connectivity index (χ0n) is 27.3. The average molecular weight is 660 g/mol. The predicted octanol–water partition coefficient (Wildman–Crippen LogP) is 2.83. The van der Waals surface area contributed by atoms with Gasteiger partial charge in [-0.15, -0.1) is 0 Å². The van der Waals surface area contributed by atoms with Crippen LogP contribution in [0.25, 0.3) is 0 Å². The number of aldehydes is 1. The molecule has 0 aliphatic heterocycles. The lowest BCUT2D eigenvalue weighted by atomic mass is 10.0. The second-order valence-corrected chi connectivity index (χ2v) is 11.4. The molecule has 2 atom stereocenters. The zero-order valence-corrected chi connectivity index (χ0v) is 27.3. The van der Waals surface area contributed by atoms with Gasteiger partial charge in [0.1, 0.15) is 0 Å². The maximum atomic E-state index is 12.8. The number of unbranched alkanes of at least 4 members (excludes halogenated alkanes) is 13. The van der Waals surface area contributed by atoms with Crippen LogP contribution in [0, 0.1) is 0 Å². The fourth-order valence-corrected chi connectivity index (χ4v) is 4.83. The number of carbonyl (C=O) groups excluding carboxylic acids is 3. The van der Waals surface area contributed by atoms with Gasteiger partial charge in [-0.05, 0) is 32.2 Å². The molecule has 0 aromatic carbocycles. The van der Waals surface area contributed by atoms with Gasteiger partial charge in [0.15, 0.2) is 18.2 Å². The Morgan fingerprint density at radius 1 is 0.674 bits per heavy atom. The van der Waals surface area contributed by atoms with E-state index in [1.165, 1.54) is 44.9 Å². The topological polar surface area (TPSA) is 232 Å². The monoisotopic (exact) mass is 659 g/mol. The fourth-order valence-electron chi connectivity index (χ4n) is 4.83. The van der Waals surface area contributed by atoms with Crippen LogP contribution in [-0.4, -0.2) is 102 Å². The third kappa shape index (κ3) is 24.3. The standard InChI is InChI=1S/C32H57N3O11/c33-19-15-14-16-25(35-29(31(41)42)32(43)44)30(40)26(24-36)46-23-22-45-21-20-34-27(37)17-12-10-8-6-4-2-1-3-5-7-9-11-13-18-28(38)39/h24-26,29,35H,1-23,33H2,(H,34,37)(H,38,39)(H,41,42)(H,43,44)/t25-,26?/m0/s1. The molecule has 1 amide bonds. The number of carboxylic acid groups (broad SMARTS) is 3. The number of aliphatic carboxylic acids is 3. The minimum atomic E-state index is -2.02. The summed E-state index contributed by atoms with van der Waals surface area (Å²) in [5.41, 5.74) is 5.46. The molecule has 14 nitrogen and oxygen atoms in total. The molecule has 0 saturated heterocycles. The van der Waals surface area contributed by atoms with E-state index in [1.54, 1.807) is 0 Å². The van der Waals surface area contributed by atoms with E-state index in [4.69, 9.17) is 30.5 Å². The first-order chi connectivity index (χ1) is 22.1. The van der Waals surface area contributed by atoms with Crippen molar-refractivity contribution in [1.29, 1.82) is 0 Å². The first-order valence-corrected chi connectivity index (χ1v) is 16.7. The number of nitrogens with two attached hydrogens (primary N) is 1. The van der Waals surface area contributed by atoms with Crippen LogP contribution in [0.4, 0.5) is 0 Å². The molecule has 0 aliphatic carbocycles. The number of hydrogen-bond acceptors (Lipinski definition) is 10. The summed E-state index contributed by atoms with van der Waals surface area (Å²) in [6, 6.07) is -3.25. The number of carbonyl (C=O) groups is 6. The van der Waals surface area contributed by atoms with E-state index in [0.29, 0.717) is 32.4 Å². The second kappa shape index (κ2) is 29.5.